The van der Waals surface area contributed by atoms with Crippen molar-refractivity contribution in [3.63, 3.8) is 0 Å². The van der Waals surface area contributed by atoms with E-state index in [0.717, 1.165) is 63.8 Å². The maximum absolute atomic E-state index is 13.5. The third kappa shape index (κ3) is 2.79. The van der Waals surface area contributed by atoms with Crippen LogP contribution in [0.25, 0.3) is 16.7 Å². The quantitative estimate of drug-likeness (QED) is 0.488. The first-order chi connectivity index (χ1) is 15.2. The maximum Gasteiger partial charge on any atom is 0.190 e. The SMILES string of the molecule is O=C1CCCC2=C1C(c1ccc(-c3ccccc3)cc1)C1=C(C2)c2ccccc2C1=O. The summed E-state index contributed by atoms with van der Waals surface area (Å²) in [6, 6.07) is 26.6. The lowest BCUT2D eigenvalue weighted by molar-refractivity contribution is -0.116. The van der Waals surface area contributed by atoms with Crippen molar-refractivity contribution >= 4 is 17.1 Å². The average Bonchev–Trinajstić information content (AvgIpc) is 3.11. The first-order valence-electron chi connectivity index (χ1n) is 11.0. The van der Waals surface area contributed by atoms with E-state index in [1.807, 2.05) is 36.4 Å². The molecule has 0 N–H and O–H groups in total. The van der Waals surface area contributed by atoms with Gasteiger partial charge in [-0.05, 0) is 47.1 Å². The first kappa shape index (κ1) is 18.3. The fraction of sp³-hybridized carbons (Fsp3) is 0.172. The van der Waals surface area contributed by atoms with Crippen LogP contribution in [-0.4, -0.2) is 11.6 Å². The van der Waals surface area contributed by atoms with Gasteiger partial charge in [0.05, 0.1) is 0 Å². The first-order valence-corrected chi connectivity index (χ1v) is 11.0. The molecule has 0 spiro atoms. The summed E-state index contributed by atoms with van der Waals surface area (Å²) in [6.07, 6.45) is 3.18. The molecule has 3 aliphatic rings. The van der Waals surface area contributed by atoms with E-state index in [0.29, 0.717) is 6.42 Å². The highest BCUT2D eigenvalue weighted by Crippen LogP contribution is 2.52. The fourth-order valence-corrected chi connectivity index (χ4v) is 5.53. The Balaban J connectivity index is 1.51. The number of fused-ring (bicyclic) bond motifs is 2. The second-order valence-corrected chi connectivity index (χ2v) is 8.66. The van der Waals surface area contributed by atoms with Crippen LogP contribution in [-0.2, 0) is 4.79 Å². The molecule has 2 heteroatoms. The van der Waals surface area contributed by atoms with Crippen LogP contribution in [0.5, 0.6) is 0 Å². The molecule has 3 aromatic rings. The lowest BCUT2D eigenvalue weighted by atomic mass is 9.69. The summed E-state index contributed by atoms with van der Waals surface area (Å²) in [5.41, 5.74) is 9.25. The zero-order chi connectivity index (χ0) is 20.9. The van der Waals surface area contributed by atoms with E-state index in [1.165, 1.54) is 5.57 Å². The number of hydrogen-bond acceptors (Lipinski definition) is 2. The van der Waals surface area contributed by atoms with E-state index in [4.69, 9.17) is 0 Å². The zero-order valence-corrected chi connectivity index (χ0v) is 17.2. The van der Waals surface area contributed by atoms with Gasteiger partial charge in [0.25, 0.3) is 0 Å². The van der Waals surface area contributed by atoms with Gasteiger partial charge in [0.15, 0.2) is 11.6 Å². The Morgan fingerprint density at radius 1 is 0.645 bits per heavy atom. The van der Waals surface area contributed by atoms with Crippen LogP contribution < -0.4 is 0 Å². The van der Waals surface area contributed by atoms with Gasteiger partial charge in [-0.15, -0.1) is 0 Å². The van der Waals surface area contributed by atoms with E-state index in [9.17, 15) is 9.59 Å². The van der Waals surface area contributed by atoms with E-state index in [1.54, 1.807) is 0 Å². The van der Waals surface area contributed by atoms with E-state index < -0.39 is 0 Å². The summed E-state index contributed by atoms with van der Waals surface area (Å²) in [6.45, 7) is 0. The molecule has 0 saturated carbocycles. The number of carbonyl (C=O) groups is 2. The Kier molecular flexibility index (Phi) is 4.14. The largest absolute Gasteiger partial charge is 0.295 e. The van der Waals surface area contributed by atoms with Crippen LogP contribution >= 0.6 is 0 Å². The van der Waals surface area contributed by atoms with Gasteiger partial charge >= 0.3 is 0 Å². The van der Waals surface area contributed by atoms with Crippen molar-refractivity contribution in [3.05, 3.63) is 112 Å². The molecule has 0 aromatic heterocycles. The molecule has 3 aliphatic carbocycles. The molecule has 0 radical (unpaired) electrons. The summed E-state index contributed by atoms with van der Waals surface area (Å²) in [7, 11) is 0. The molecule has 31 heavy (non-hydrogen) atoms. The number of ketones is 2. The third-order valence-electron chi connectivity index (χ3n) is 6.95. The second kappa shape index (κ2) is 7.02. The van der Waals surface area contributed by atoms with Crippen LogP contribution in [0.1, 0.15) is 53.1 Å². The number of hydrogen-bond donors (Lipinski definition) is 0. The fourth-order valence-electron chi connectivity index (χ4n) is 5.53. The lowest BCUT2D eigenvalue weighted by Crippen LogP contribution is -2.25. The number of rotatable bonds is 2. The molecule has 150 valence electrons. The van der Waals surface area contributed by atoms with Gasteiger partial charge in [-0.2, -0.15) is 0 Å². The van der Waals surface area contributed by atoms with Gasteiger partial charge in [0, 0.05) is 29.0 Å². The molecular weight excluding hydrogens is 380 g/mol. The van der Waals surface area contributed by atoms with Crippen molar-refractivity contribution in [2.24, 2.45) is 0 Å². The molecule has 1 unspecified atom stereocenters. The average molecular weight is 402 g/mol. The lowest BCUT2D eigenvalue weighted by Gasteiger charge is -2.32. The Hall–Kier alpha value is -3.52. The predicted molar refractivity (Wildman–Crippen MR) is 123 cm³/mol. The number of Topliss-reactive ketones (excluding diaryl/α,β-unsaturated/α-hetero) is 2. The van der Waals surface area contributed by atoms with Crippen LogP contribution in [0, 0.1) is 0 Å². The standard InChI is InChI=1S/C29H22O2/c30-25-12-6-9-21-17-24-22-10-4-5-11-23(22)29(31)28(24)27(26(21)25)20-15-13-19(14-16-20)18-7-2-1-3-8-18/h1-5,7-8,10-11,13-16,27H,6,9,12,17H2. The van der Waals surface area contributed by atoms with E-state index in [2.05, 4.69) is 42.5 Å². The van der Waals surface area contributed by atoms with Crippen LogP contribution in [0.4, 0.5) is 0 Å². The molecule has 0 fully saturated rings. The van der Waals surface area contributed by atoms with Crippen molar-refractivity contribution in [1.29, 1.82) is 0 Å². The highest BCUT2D eigenvalue weighted by molar-refractivity contribution is 6.23. The minimum atomic E-state index is -0.253. The zero-order valence-electron chi connectivity index (χ0n) is 17.2. The van der Waals surface area contributed by atoms with Gasteiger partial charge in [-0.25, -0.2) is 0 Å². The summed E-state index contributed by atoms with van der Waals surface area (Å²) in [5.74, 6) is 0.0534. The molecule has 2 nitrogen and oxygen atoms in total. The minimum Gasteiger partial charge on any atom is -0.295 e. The van der Waals surface area contributed by atoms with Crippen molar-refractivity contribution in [1.82, 2.24) is 0 Å². The second-order valence-electron chi connectivity index (χ2n) is 8.66. The minimum absolute atomic E-state index is 0.0904. The number of benzene rings is 3. The van der Waals surface area contributed by atoms with Crippen molar-refractivity contribution in [2.75, 3.05) is 0 Å². The molecule has 1 atom stereocenters. The van der Waals surface area contributed by atoms with Gasteiger partial charge in [-0.3, -0.25) is 9.59 Å². The Labute approximate surface area is 181 Å². The van der Waals surface area contributed by atoms with Gasteiger partial charge < -0.3 is 0 Å². The van der Waals surface area contributed by atoms with Gasteiger partial charge in [0.2, 0.25) is 0 Å². The summed E-state index contributed by atoms with van der Waals surface area (Å²) >= 11 is 0. The monoisotopic (exact) mass is 402 g/mol. The van der Waals surface area contributed by atoms with Crippen molar-refractivity contribution < 1.29 is 9.59 Å². The highest BCUT2D eigenvalue weighted by Gasteiger charge is 2.43. The van der Waals surface area contributed by atoms with Crippen LogP contribution in [0.3, 0.4) is 0 Å². The van der Waals surface area contributed by atoms with Crippen molar-refractivity contribution in [2.45, 2.75) is 31.6 Å². The topological polar surface area (TPSA) is 34.1 Å². The predicted octanol–water partition coefficient (Wildman–Crippen LogP) is 6.54. The molecule has 0 amide bonds. The summed E-state index contributed by atoms with van der Waals surface area (Å²) in [4.78, 5) is 26.6. The Morgan fingerprint density at radius 2 is 1.32 bits per heavy atom. The Bertz CT molecular complexity index is 1290. The van der Waals surface area contributed by atoms with Gasteiger partial charge in [-0.1, -0.05) is 84.4 Å². The number of carbonyl (C=O) groups excluding carboxylic acids is 2. The molecule has 0 aliphatic heterocycles. The molecule has 0 bridgehead atoms. The summed E-state index contributed by atoms with van der Waals surface area (Å²) < 4.78 is 0. The third-order valence-corrected chi connectivity index (χ3v) is 6.95. The maximum atomic E-state index is 13.5. The number of allylic oxidation sites excluding steroid dienone is 4. The van der Waals surface area contributed by atoms with Gasteiger partial charge in [0.1, 0.15) is 0 Å². The molecule has 0 saturated heterocycles. The van der Waals surface area contributed by atoms with E-state index >= 15 is 0 Å². The molecule has 3 aromatic carbocycles. The van der Waals surface area contributed by atoms with Crippen LogP contribution in [0.2, 0.25) is 0 Å². The summed E-state index contributed by atoms with van der Waals surface area (Å²) in [5, 5.41) is 0. The Morgan fingerprint density at radius 3 is 2.10 bits per heavy atom. The molecular formula is C29H22O2. The van der Waals surface area contributed by atoms with E-state index in [-0.39, 0.29) is 17.5 Å². The molecule has 6 rings (SSSR count). The highest BCUT2D eigenvalue weighted by atomic mass is 16.1. The normalized spacial score (nSPS) is 19.9. The van der Waals surface area contributed by atoms with Crippen molar-refractivity contribution in [3.8, 4) is 11.1 Å². The van der Waals surface area contributed by atoms with Crippen LogP contribution in [0.15, 0.2) is 95.6 Å². The smallest absolute Gasteiger partial charge is 0.190 e. The molecule has 0 heterocycles.